The molecule has 0 radical (unpaired) electrons. The van der Waals surface area contributed by atoms with Gasteiger partial charge < -0.3 is 10.2 Å². The van der Waals surface area contributed by atoms with Crippen molar-refractivity contribution in [3.8, 4) is 0 Å². The summed E-state index contributed by atoms with van der Waals surface area (Å²) in [6, 6.07) is 7.39. The van der Waals surface area contributed by atoms with Gasteiger partial charge in [0.15, 0.2) is 0 Å². The Morgan fingerprint density at radius 1 is 1.26 bits per heavy atom. The number of carbonyl (C=O) groups is 2. The SMILES string of the molecule is CC(C)CCC(=O)N1Cc2ccnn2[C@H](CC(=O)NCc2ccccn2)C1. The van der Waals surface area contributed by atoms with Gasteiger partial charge in [0.1, 0.15) is 0 Å². The maximum absolute atomic E-state index is 12.6. The molecule has 0 fully saturated rings. The van der Waals surface area contributed by atoms with Crippen molar-refractivity contribution in [2.24, 2.45) is 5.92 Å². The van der Waals surface area contributed by atoms with Crippen LogP contribution in [0.3, 0.4) is 0 Å². The molecule has 0 aliphatic carbocycles. The number of pyridine rings is 1. The Hall–Kier alpha value is -2.70. The summed E-state index contributed by atoms with van der Waals surface area (Å²) < 4.78 is 1.88. The van der Waals surface area contributed by atoms with Crippen LogP contribution in [0, 0.1) is 5.92 Å². The maximum atomic E-state index is 12.6. The van der Waals surface area contributed by atoms with E-state index < -0.39 is 0 Å². The van der Waals surface area contributed by atoms with Crippen LogP contribution in [-0.2, 0) is 22.7 Å². The summed E-state index contributed by atoms with van der Waals surface area (Å²) in [6.07, 6.45) is 5.15. The minimum absolute atomic E-state index is 0.0661. The molecule has 0 spiro atoms. The van der Waals surface area contributed by atoms with Gasteiger partial charge in [0.2, 0.25) is 11.8 Å². The minimum atomic E-state index is -0.143. The van der Waals surface area contributed by atoms with Gasteiger partial charge in [-0.15, -0.1) is 0 Å². The molecule has 7 nitrogen and oxygen atoms in total. The van der Waals surface area contributed by atoms with Crippen LogP contribution in [0.4, 0.5) is 0 Å². The van der Waals surface area contributed by atoms with Gasteiger partial charge in [0.25, 0.3) is 0 Å². The molecule has 7 heteroatoms. The molecule has 27 heavy (non-hydrogen) atoms. The zero-order valence-electron chi connectivity index (χ0n) is 16.0. The first-order valence-corrected chi connectivity index (χ1v) is 9.49. The van der Waals surface area contributed by atoms with Crippen molar-refractivity contribution in [3.05, 3.63) is 48.0 Å². The van der Waals surface area contributed by atoms with Crippen molar-refractivity contribution in [1.29, 1.82) is 0 Å². The summed E-state index contributed by atoms with van der Waals surface area (Å²) in [5, 5.41) is 7.27. The third-order valence-corrected chi connectivity index (χ3v) is 4.78. The lowest BCUT2D eigenvalue weighted by molar-refractivity contribution is -0.134. The molecule has 2 aromatic rings. The summed E-state index contributed by atoms with van der Waals surface area (Å²) >= 11 is 0. The number of aromatic nitrogens is 3. The van der Waals surface area contributed by atoms with Crippen molar-refractivity contribution in [1.82, 2.24) is 25.0 Å². The van der Waals surface area contributed by atoms with Crippen LogP contribution in [0.5, 0.6) is 0 Å². The van der Waals surface area contributed by atoms with Crippen molar-refractivity contribution < 1.29 is 9.59 Å². The molecule has 1 N–H and O–H groups in total. The standard InChI is InChI=1S/C20H27N5O2/c1-15(2)6-7-20(27)24-13-17-8-10-23-25(17)18(14-24)11-19(26)22-12-16-5-3-4-9-21-16/h3-5,8-10,15,18H,6-7,11-14H2,1-2H3,(H,22,26)/t18-/m1/s1. The molecule has 0 saturated carbocycles. The van der Waals surface area contributed by atoms with E-state index in [0.717, 1.165) is 17.8 Å². The predicted octanol–water partition coefficient (Wildman–Crippen LogP) is 2.30. The van der Waals surface area contributed by atoms with E-state index >= 15 is 0 Å². The van der Waals surface area contributed by atoms with Crippen LogP contribution in [0.15, 0.2) is 36.7 Å². The quantitative estimate of drug-likeness (QED) is 0.812. The van der Waals surface area contributed by atoms with E-state index in [9.17, 15) is 9.59 Å². The van der Waals surface area contributed by atoms with E-state index in [-0.39, 0.29) is 24.3 Å². The molecule has 2 amide bonds. The number of hydrogen-bond acceptors (Lipinski definition) is 4. The molecule has 1 atom stereocenters. The Morgan fingerprint density at radius 2 is 2.11 bits per heavy atom. The summed E-state index contributed by atoms with van der Waals surface area (Å²) in [6.45, 7) is 5.71. The minimum Gasteiger partial charge on any atom is -0.350 e. The number of fused-ring (bicyclic) bond motifs is 1. The largest absolute Gasteiger partial charge is 0.350 e. The third-order valence-electron chi connectivity index (χ3n) is 4.78. The monoisotopic (exact) mass is 369 g/mol. The lowest BCUT2D eigenvalue weighted by Gasteiger charge is -2.34. The zero-order chi connectivity index (χ0) is 19.2. The van der Waals surface area contributed by atoms with E-state index in [0.29, 0.717) is 32.0 Å². The van der Waals surface area contributed by atoms with Gasteiger partial charge in [-0.3, -0.25) is 19.3 Å². The molecule has 0 unspecified atom stereocenters. The van der Waals surface area contributed by atoms with E-state index in [1.165, 1.54) is 0 Å². The normalized spacial score (nSPS) is 16.3. The topological polar surface area (TPSA) is 80.1 Å². The van der Waals surface area contributed by atoms with Gasteiger partial charge in [0, 0.05) is 25.4 Å². The first-order valence-electron chi connectivity index (χ1n) is 9.49. The van der Waals surface area contributed by atoms with Gasteiger partial charge >= 0.3 is 0 Å². The van der Waals surface area contributed by atoms with Gasteiger partial charge in [-0.25, -0.2) is 0 Å². The number of rotatable bonds is 7. The maximum Gasteiger partial charge on any atom is 0.223 e. The number of carbonyl (C=O) groups excluding carboxylic acids is 2. The number of nitrogens with one attached hydrogen (secondary N) is 1. The lowest BCUT2D eigenvalue weighted by Crippen LogP contribution is -2.42. The van der Waals surface area contributed by atoms with E-state index in [1.807, 2.05) is 33.8 Å². The Bertz CT molecular complexity index is 772. The summed E-state index contributed by atoms with van der Waals surface area (Å²) in [7, 11) is 0. The summed E-state index contributed by atoms with van der Waals surface area (Å²) in [5.74, 6) is 0.580. The van der Waals surface area contributed by atoms with E-state index in [4.69, 9.17) is 0 Å². The van der Waals surface area contributed by atoms with Gasteiger partial charge in [-0.2, -0.15) is 5.10 Å². The second-order valence-corrected chi connectivity index (χ2v) is 7.43. The molecule has 0 saturated heterocycles. The Kier molecular flexibility index (Phi) is 6.21. The number of amides is 2. The van der Waals surface area contributed by atoms with Gasteiger partial charge in [-0.1, -0.05) is 19.9 Å². The first kappa shape index (κ1) is 19.1. The molecule has 144 valence electrons. The Balaban J connectivity index is 1.60. The molecular weight excluding hydrogens is 342 g/mol. The van der Waals surface area contributed by atoms with Crippen molar-refractivity contribution in [3.63, 3.8) is 0 Å². The fourth-order valence-corrected chi connectivity index (χ4v) is 3.28. The lowest BCUT2D eigenvalue weighted by atomic mass is 10.1. The highest BCUT2D eigenvalue weighted by Crippen LogP contribution is 2.24. The summed E-state index contributed by atoms with van der Waals surface area (Å²) in [4.78, 5) is 31.1. The Labute approximate surface area is 159 Å². The fourth-order valence-electron chi connectivity index (χ4n) is 3.28. The first-order chi connectivity index (χ1) is 13.0. The van der Waals surface area contributed by atoms with Crippen molar-refractivity contribution in [2.75, 3.05) is 6.54 Å². The third kappa shape index (κ3) is 5.15. The van der Waals surface area contributed by atoms with Crippen LogP contribution in [-0.4, -0.2) is 38.0 Å². The van der Waals surface area contributed by atoms with Crippen LogP contribution in [0.1, 0.15) is 50.5 Å². The Morgan fingerprint density at radius 3 is 2.85 bits per heavy atom. The number of nitrogens with zero attached hydrogens (tertiary/aromatic N) is 4. The average molecular weight is 369 g/mol. The highest BCUT2D eigenvalue weighted by atomic mass is 16.2. The molecular formula is C20H27N5O2. The molecule has 0 bridgehead atoms. The van der Waals surface area contributed by atoms with Crippen LogP contribution in [0.25, 0.3) is 0 Å². The molecule has 3 rings (SSSR count). The van der Waals surface area contributed by atoms with Crippen molar-refractivity contribution in [2.45, 2.75) is 52.2 Å². The highest BCUT2D eigenvalue weighted by Gasteiger charge is 2.29. The van der Waals surface area contributed by atoms with Crippen LogP contribution in [0.2, 0.25) is 0 Å². The molecule has 3 heterocycles. The van der Waals surface area contributed by atoms with Gasteiger partial charge in [0.05, 0.1) is 36.9 Å². The smallest absolute Gasteiger partial charge is 0.223 e. The molecule has 1 aliphatic rings. The average Bonchev–Trinajstić information content (AvgIpc) is 3.14. The van der Waals surface area contributed by atoms with E-state index in [1.54, 1.807) is 12.4 Å². The molecule has 1 aliphatic heterocycles. The summed E-state index contributed by atoms with van der Waals surface area (Å²) in [5.41, 5.74) is 1.79. The van der Waals surface area contributed by atoms with Crippen LogP contribution < -0.4 is 5.32 Å². The molecule has 2 aromatic heterocycles. The fraction of sp³-hybridized carbons (Fsp3) is 0.500. The second kappa shape index (κ2) is 8.79. The van der Waals surface area contributed by atoms with E-state index in [2.05, 4.69) is 29.2 Å². The van der Waals surface area contributed by atoms with Crippen molar-refractivity contribution >= 4 is 11.8 Å². The van der Waals surface area contributed by atoms with Gasteiger partial charge in [-0.05, 0) is 30.5 Å². The predicted molar refractivity (Wildman–Crippen MR) is 101 cm³/mol. The van der Waals surface area contributed by atoms with Crippen LogP contribution >= 0.6 is 0 Å². The molecule has 0 aromatic carbocycles. The number of hydrogen-bond donors (Lipinski definition) is 1. The highest BCUT2D eigenvalue weighted by molar-refractivity contribution is 5.78. The zero-order valence-corrected chi connectivity index (χ0v) is 16.0. The second-order valence-electron chi connectivity index (χ2n) is 7.43.